The van der Waals surface area contributed by atoms with Crippen molar-refractivity contribution < 1.29 is 18.7 Å². The van der Waals surface area contributed by atoms with E-state index in [1.54, 1.807) is 49.6 Å². The second-order valence-electron chi connectivity index (χ2n) is 5.67. The lowest BCUT2D eigenvalue weighted by Gasteiger charge is -2.19. The van der Waals surface area contributed by atoms with Crippen molar-refractivity contribution in [3.8, 4) is 11.5 Å². The molecule has 0 fully saturated rings. The molecule has 0 bridgehead atoms. The first-order chi connectivity index (χ1) is 12.2. The minimum Gasteiger partial charge on any atom is -0.497 e. The van der Waals surface area contributed by atoms with Crippen molar-refractivity contribution in [3.05, 3.63) is 75.7 Å². The molecule has 5 heteroatoms. The van der Waals surface area contributed by atoms with Crippen LogP contribution in [0.1, 0.15) is 15.9 Å². The van der Waals surface area contributed by atoms with Gasteiger partial charge in [0.2, 0.25) is 0 Å². The van der Waals surface area contributed by atoms with Crippen LogP contribution in [-0.4, -0.2) is 19.5 Å². The van der Waals surface area contributed by atoms with Gasteiger partial charge in [0.05, 0.1) is 23.6 Å². The molecule has 0 spiro atoms. The highest BCUT2D eigenvalue weighted by molar-refractivity contribution is 6.14. The Labute approximate surface area is 143 Å². The van der Waals surface area contributed by atoms with Gasteiger partial charge in [-0.2, -0.15) is 0 Å². The van der Waals surface area contributed by atoms with Gasteiger partial charge in [-0.3, -0.25) is 9.59 Å². The Hall–Kier alpha value is -3.34. The predicted octanol–water partition coefficient (Wildman–Crippen LogP) is 3.46. The van der Waals surface area contributed by atoms with Crippen LogP contribution in [-0.2, 0) is 0 Å². The van der Waals surface area contributed by atoms with Gasteiger partial charge in [-0.25, -0.2) is 0 Å². The van der Waals surface area contributed by atoms with Crippen molar-refractivity contribution in [2.24, 2.45) is 0 Å². The Bertz CT molecular complexity index is 1070. The van der Waals surface area contributed by atoms with Gasteiger partial charge in [0.25, 0.3) is 0 Å². The summed E-state index contributed by atoms with van der Waals surface area (Å²) < 4.78 is 16.3. The molecule has 1 aliphatic rings. The standard InChI is InChI=1S/C20H14O5/c1-23-14-6-7-16-18(9-14)25-11-13(20(16)22)8-12-10-24-17-5-3-2-4-15(17)19(12)21/h2-10H,11H2,1H3/b13-8+. The van der Waals surface area contributed by atoms with Crippen LogP contribution in [0.3, 0.4) is 0 Å². The van der Waals surface area contributed by atoms with E-state index in [2.05, 4.69) is 0 Å². The van der Waals surface area contributed by atoms with E-state index < -0.39 is 0 Å². The quantitative estimate of drug-likeness (QED) is 0.672. The molecule has 0 N–H and O–H groups in total. The van der Waals surface area contributed by atoms with Crippen molar-refractivity contribution in [1.82, 2.24) is 0 Å². The first-order valence-electron chi connectivity index (χ1n) is 7.74. The van der Waals surface area contributed by atoms with Gasteiger partial charge in [0.1, 0.15) is 30.0 Å². The Kier molecular flexibility index (Phi) is 3.61. The van der Waals surface area contributed by atoms with Gasteiger partial charge < -0.3 is 13.9 Å². The molecule has 0 aliphatic carbocycles. The minimum atomic E-state index is -0.178. The van der Waals surface area contributed by atoms with Crippen LogP contribution >= 0.6 is 0 Å². The summed E-state index contributed by atoms with van der Waals surface area (Å²) in [5.74, 6) is 0.928. The van der Waals surface area contributed by atoms with Crippen molar-refractivity contribution >= 4 is 22.8 Å². The number of rotatable bonds is 2. The maximum Gasteiger partial charge on any atom is 0.199 e. The van der Waals surface area contributed by atoms with E-state index in [1.165, 1.54) is 12.3 Å². The third kappa shape index (κ3) is 2.59. The molecule has 0 amide bonds. The van der Waals surface area contributed by atoms with Gasteiger partial charge in [0, 0.05) is 11.6 Å². The number of carbonyl (C=O) groups excluding carboxylic acids is 1. The highest BCUT2D eigenvalue weighted by Crippen LogP contribution is 2.31. The van der Waals surface area contributed by atoms with Gasteiger partial charge in [0.15, 0.2) is 11.2 Å². The molecule has 1 aliphatic heterocycles. The topological polar surface area (TPSA) is 65.7 Å². The fraction of sp³-hybridized carbons (Fsp3) is 0.100. The molecule has 0 radical (unpaired) electrons. The number of hydrogen-bond donors (Lipinski definition) is 0. The number of methoxy groups -OCH3 is 1. The maximum absolute atomic E-state index is 12.7. The Morgan fingerprint density at radius 1 is 1.12 bits per heavy atom. The number of para-hydroxylation sites is 1. The van der Waals surface area contributed by atoms with Gasteiger partial charge in [-0.15, -0.1) is 0 Å². The number of ether oxygens (including phenoxy) is 2. The number of fused-ring (bicyclic) bond motifs is 2. The van der Waals surface area contributed by atoms with E-state index in [9.17, 15) is 9.59 Å². The molecular weight excluding hydrogens is 320 g/mol. The van der Waals surface area contributed by atoms with E-state index in [0.29, 0.717) is 39.2 Å². The number of hydrogen-bond acceptors (Lipinski definition) is 5. The third-order valence-corrected chi connectivity index (χ3v) is 4.14. The minimum absolute atomic E-state index is 0.0886. The SMILES string of the molecule is COc1ccc2c(c1)OC/C(=C\c1coc3ccccc3c1=O)C2=O. The summed E-state index contributed by atoms with van der Waals surface area (Å²) in [5.41, 5.74) is 1.51. The molecule has 25 heavy (non-hydrogen) atoms. The lowest BCUT2D eigenvalue weighted by Crippen LogP contribution is -2.19. The fourth-order valence-corrected chi connectivity index (χ4v) is 2.82. The van der Waals surface area contributed by atoms with Crippen LogP contribution in [0, 0.1) is 0 Å². The monoisotopic (exact) mass is 334 g/mol. The molecule has 0 saturated heterocycles. The van der Waals surface area contributed by atoms with E-state index in [0.717, 1.165) is 0 Å². The summed E-state index contributed by atoms with van der Waals surface area (Å²) in [6.45, 7) is 0.0886. The average molecular weight is 334 g/mol. The third-order valence-electron chi connectivity index (χ3n) is 4.14. The number of carbonyl (C=O) groups is 1. The van der Waals surface area contributed by atoms with Gasteiger partial charge in [-0.05, 0) is 30.3 Å². The smallest absolute Gasteiger partial charge is 0.199 e. The van der Waals surface area contributed by atoms with Gasteiger partial charge in [-0.1, -0.05) is 12.1 Å². The highest BCUT2D eigenvalue weighted by atomic mass is 16.5. The van der Waals surface area contributed by atoms with Crippen LogP contribution in [0.2, 0.25) is 0 Å². The second-order valence-corrected chi connectivity index (χ2v) is 5.67. The normalized spacial score (nSPS) is 15.1. The molecule has 5 nitrogen and oxygen atoms in total. The molecule has 0 unspecified atom stereocenters. The number of Topliss-reactive ketones (excluding diaryl/α,β-unsaturated/α-hetero) is 1. The summed E-state index contributed by atoms with van der Waals surface area (Å²) in [6, 6.07) is 12.0. The zero-order valence-electron chi connectivity index (χ0n) is 13.4. The van der Waals surface area contributed by atoms with E-state index in [1.807, 2.05) is 0 Å². The predicted molar refractivity (Wildman–Crippen MR) is 93.3 cm³/mol. The Balaban J connectivity index is 1.76. The van der Waals surface area contributed by atoms with Crippen LogP contribution < -0.4 is 14.9 Å². The van der Waals surface area contributed by atoms with Crippen molar-refractivity contribution in [2.75, 3.05) is 13.7 Å². The summed E-state index contributed by atoms with van der Waals surface area (Å²) in [4.78, 5) is 25.2. The molecule has 1 aromatic heterocycles. The van der Waals surface area contributed by atoms with Crippen molar-refractivity contribution in [3.63, 3.8) is 0 Å². The van der Waals surface area contributed by atoms with Crippen molar-refractivity contribution in [1.29, 1.82) is 0 Å². The number of ketones is 1. The second kappa shape index (κ2) is 5.94. The largest absolute Gasteiger partial charge is 0.497 e. The Morgan fingerprint density at radius 2 is 1.96 bits per heavy atom. The number of benzene rings is 2. The van der Waals surface area contributed by atoms with Crippen LogP contribution in [0.4, 0.5) is 0 Å². The van der Waals surface area contributed by atoms with Crippen LogP contribution in [0.25, 0.3) is 17.0 Å². The maximum atomic E-state index is 12.7. The first kappa shape index (κ1) is 15.2. The molecule has 124 valence electrons. The molecule has 4 rings (SSSR count). The molecule has 0 saturated carbocycles. The summed E-state index contributed by atoms with van der Waals surface area (Å²) in [5, 5.41) is 0.478. The molecule has 2 heterocycles. The lowest BCUT2D eigenvalue weighted by molar-refractivity contribution is 0.100. The summed E-state index contributed by atoms with van der Waals surface area (Å²) in [7, 11) is 1.55. The molecular formula is C20H14O5. The fourth-order valence-electron chi connectivity index (χ4n) is 2.82. The zero-order valence-corrected chi connectivity index (χ0v) is 13.4. The molecule has 2 aromatic carbocycles. The van der Waals surface area contributed by atoms with Gasteiger partial charge >= 0.3 is 0 Å². The average Bonchev–Trinajstić information content (AvgIpc) is 2.66. The molecule has 3 aromatic rings. The lowest BCUT2D eigenvalue weighted by atomic mass is 9.98. The van der Waals surface area contributed by atoms with Crippen LogP contribution in [0.5, 0.6) is 11.5 Å². The zero-order chi connectivity index (χ0) is 17.4. The van der Waals surface area contributed by atoms with E-state index in [-0.39, 0.29) is 17.8 Å². The highest BCUT2D eigenvalue weighted by Gasteiger charge is 2.24. The summed E-state index contributed by atoms with van der Waals surface area (Å²) in [6.07, 6.45) is 2.91. The molecule has 0 atom stereocenters. The van der Waals surface area contributed by atoms with Crippen LogP contribution in [0.15, 0.2) is 63.5 Å². The van der Waals surface area contributed by atoms with E-state index in [4.69, 9.17) is 13.9 Å². The van der Waals surface area contributed by atoms with Crippen molar-refractivity contribution in [2.45, 2.75) is 0 Å². The first-order valence-corrected chi connectivity index (χ1v) is 7.74. The summed E-state index contributed by atoms with van der Waals surface area (Å²) >= 11 is 0. The Morgan fingerprint density at radius 3 is 2.80 bits per heavy atom. The van der Waals surface area contributed by atoms with E-state index >= 15 is 0 Å².